The van der Waals surface area contributed by atoms with Crippen LogP contribution in [0.5, 0.6) is 0 Å². The van der Waals surface area contributed by atoms with E-state index in [9.17, 15) is 4.79 Å². The van der Waals surface area contributed by atoms with Crippen LogP contribution in [0.25, 0.3) is 0 Å². The van der Waals surface area contributed by atoms with Gasteiger partial charge in [0.1, 0.15) is 6.10 Å². The molecule has 1 amide bonds. The minimum Gasteiger partial charge on any atom is -0.392 e. The van der Waals surface area contributed by atoms with Crippen LogP contribution >= 0.6 is 0 Å². The lowest BCUT2D eigenvalue weighted by Gasteiger charge is -2.29. The predicted molar refractivity (Wildman–Crippen MR) is 76.3 cm³/mol. The standard InChI is InChI=1S/C15H22N2O3/c1-17-8-9-20-14(10-17)15(19)16-7-6-12-2-4-13(11-18)5-3-12/h2-5,14,18H,6-11H2,1H3,(H,16,19). The number of amides is 1. The zero-order valence-corrected chi connectivity index (χ0v) is 11.8. The van der Waals surface area contributed by atoms with Crippen molar-refractivity contribution >= 4 is 5.91 Å². The SMILES string of the molecule is CN1CCOC(C(=O)NCCc2ccc(CO)cc2)C1. The van der Waals surface area contributed by atoms with Gasteiger partial charge in [-0.05, 0) is 24.6 Å². The van der Waals surface area contributed by atoms with Gasteiger partial charge in [0.2, 0.25) is 5.91 Å². The van der Waals surface area contributed by atoms with Crippen molar-refractivity contribution in [2.75, 3.05) is 33.3 Å². The van der Waals surface area contributed by atoms with Gasteiger partial charge in [-0.15, -0.1) is 0 Å². The lowest BCUT2D eigenvalue weighted by molar-refractivity contribution is -0.137. The van der Waals surface area contributed by atoms with E-state index in [1.165, 1.54) is 0 Å². The van der Waals surface area contributed by atoms with Gasteiger partial charge in [-0.2, -0.15) is 0 Å². The number of hydrogen-bond donors (Lipinski definition) is 2. The maximum Gasteiger partial charge on any atom is 0.250 e. The summed E-state index contributed by atoms with van der Waals surface area (Å²) in [5, 5.41) is 11.9. The van der Waals surface area contributed by atoms with Crippen molar-refractivity contribution in [2.24, 2.45) is 0 Å². The van der Waals surface area contributed by atoms with E-state index in [0.29, 0.717) is 19.7 Å². The van der Waals surface area contributed by atoms with Crippen LogP contribution in [-0.2, 0) is 22.6 Å². The van der Waals surface area contributed by atoms with E-state index in [1.807, 2.05) is 31.3 Å². The molecular formula is C15H22N2O3. The Morgan fingerprint density at radius 3 is 2.75 bits per heavy atom. The second-order valence-corrected chi connectivity index (χ2v) is 5.14. The summed E-state index contributed by atoms with van der Waals surface area (Å²) in [5.74, 6) is -0.0384. The largest absolute Gasteiger partial charge is 0.392 e. The molecule has 1 aliphatic rings. The average molecular weight is 278 g/mol. The molecule has 1 saturated heterocycles. The monoisotopic (exact) mass is 278 g/mol. The fourth-order valence-corrected chi connectivity index (χ4v) is 2.19. The third kappa shape index (κ3) is 4.30. The second kappa shape index (κ2) is 7.38. The highest BCUT2D eigenvalue weighted by atomic mass is 16.5. The number of benzene rings is 1. The maximum atomic E-state index is 11.9. The Balaban J connectivity index is 1.73. The van der Waals surface area contributed by atoms with Gasteiger partial charge in [-0.25, -0.2) is 0 Å². The van der Waals surface area contributed by atoms with Gasteiger partial charge in [0, 0.05) is 19.6 Å². The lowest BCUT2D eigenvalue weighted by atomic mass is 10.1. The molecule has 5 heteroatoms. The predicted octanol–water partition coefficient (Wildman–Crippen LogP) is 0.168. The average Bonchev–Trinajstić information content (AvgIpc) is 2.48. The Morgan fingerprint density at radius 2 is 2.10 bits per heavy atom. The number of carbonyl (C=O) groups is 1. The highest BCUT2D eigenvalue weighted by Crippen LogP contribution is 2.05. The lowest BCUT2D eigenvalue weighted by Crippen LogP contribution is -2.48. The van der Waals surface area contributed by atoms with Gasteiger partial charge in [0.05, 0.1) is 13.2 Å². The Labute approximate surface area is 119 Å². The fraction of sp³-hybridized carbons (Fsp3) is 0.533. The van der Waals surface area contributed by atoms with Crippen molar-refractivity contribution in [3.05, 3.63) is 35.4 Å². The number of likely N-dealkylation sites (N-methyl/N-ethyl adjacent to an activating group) is 1. The molecule has 20 heavy (non-hydrogen) atoms. The smallest absolute Gasteiger partial charge is 0.250 e. The Morgan fingerprint density at radius 1 is 1.40 bits per heavy atom. The molecule has 0 radical (unpaired) electrons. The number of aliphatic hydroxyl groups excluding tert-OH is 1. The molecule has 1 atom stereocenters. The molecule has 1 aromatic rings. The Hall–Kier alpha value is -1.43. The van der Waals surface area contributed by atoms with Gasteiger partial charge in [0.15, 0.2) is 0 Å². The normalized spacial score (nSPS) is 19.8. The van der Waals surface area contributed by atoms with E-state index in [0.717, 1.165) is 24.1 Å². The quantitative estimate of drug-likeness (QED) is 0.806. The number of nitrogens with zero attached hydrogens (tertiary/aromatic N) is 1. The van der Waals surface area contributed by atoms with Crippen molar-refractivity contribution < 1.29 is 14.6 Å². The van der Waals surface area contributed by atoms with Crippen molar-refractivity contribution in [1.82, 2.24) is 10.2 Å². The molecule has 1 aliphatic heterocycles. The molecule has 0 aromatic heterocycles. The molecule has 0 spiro atoms. The fourth-order valence-electron chi connectivity index (χ4n) is 2.19. The van der Waals surface area contributed by atoms with E-state index in [1.54, 1.807) is 0 Å². The van der Waals surface area contributed by atoms with Gasteiger partial charge in [-0.3, -0.25) is 4.79 Å². The molecule has 1 heterocycles. The summed E-state index contributed by atoms with van der Waals surface area (Å²) in [5.41, 5.74) is 2.04. The first-order valence-electron chi connectivity index (χ1n) is 6.95. The zero-order chi connectivity index (χ0) is 14.4. The second-order valence-electron chi connectivity index (χ2n) is 5.14. The van der Waals surface area contributed by atoms with Gasteiger partial charge < -0.3 is 20.1 Å². The summed E-state index contributed by atoms with van der Waals surface area (Å²) in [6.45, 7) is 2.79. The van der Waals surface area contributed by atoms with E-state index in [-0.39, 0.29) is 18.6 Å². The van der Waals surface area contributed by atoms with Gasteiger partial charge in [0.25, 0.3) is 0 Å². The van der Waals surface area contributed by atoms with E-state index < -0.39 is 0 Å². The number of carbonyl (C=O) groups excluding carboxylic acids is 1. The van der Waals surface area contributed by atoms with Crippen LogP contribution < -0.4 is 5.32 Å². The van der Waals surface area contributed by atoms with Gasteiger partial charge >= 0.3 is 0 Å². The summed E-state index contributed by atoms with van der Waals surface area (Å²) in [6.07, 6.45) is 0.422. The van der Waals surface area contributed by atoms with Crippen LogP contribution in [0.3, 0.4) is 0 Å². The number of morpholine rings is 1. The Bertz CT molecular complexity index is 433. The highest BCUT2D eigenvalue weighted by Gasteiger charge is 2.24. The first-order chi connectivity index (χ1) is 9.69. The summed E-state index contributed by atoms with van der Waals surface area (Å²) < 4.78 is 5.46. The molecule has 0 bridgehead atoms. The van der Waals surface area contributed by atoms with E-state index in [4.69, 9.17) is 9.84 Å². The van der Waals surface area contributed by atoms with Crippen LogP contribution in [0, 0.1) is 0 Å². The summed E-state index contributed by atoms with van der Waals surface area (Å²) >= 11 is 0. The first kappa shape index (κ1) is 15.0. The molecule has 110 valence electrons. The topological polar surface area (TPSA) is 61.8 Å². The number of hydrogen-bond acceptors (Lipinski definition) is 4. The molecule has 0 aliphatic carbocycles. The van der Waals surface area contributed by atoms with Crippen molar-refractivity contribution in [1.29, 1.82) is 0 Å². The number of nitrogens with one attached hydrogen (secondary N) is 1. The molecule has 1 aromatic carbocycles. The van der Waals surface area contributed by atoms with Crippen LogP contribution in [-0.4, -0.2) is 55.3 Å². The molecule has 2 rings (SSSR count). The van der Waals surface area contributed by atoms with Crippen LogP contribution in [0.4, 0.5) is 0 Å². The molecule has 0 saturated carbocycles. The third-order valence-corrected chi connectivity index (χ3v) is 3.48. The van der Waals surface area contributed by atoms with Crippen LogP contribution in [0.15, 0.2) is 24.3 Å². The number of rotatable bonds is 5. The third-order valence-electron chi connectivity index (χ3n) is 3.48. The first-order valence-corrected chi connectivity index (χ1v) is 6.95. The molecule has 1 fully saturated rings. The van der Waals surface area contributed by atoms with E-state index in [2.05, 4.69) is 10.2 Å². The summed E-state index contributed by atoms with van der Waals surface area (Å²) in [7, 11) is 1.99. The Kier molecular flexibility index (Phi) is 5.52. The van der Waals surface area contributed by atoms with E-state index >= 15 is 0 Å². The highest BCUT2D eigenvalue weighted by molar-refractivity contribution is 5.81. The zero-order valence-electron chi connectivity index (χ0n) is 11.8. The molecular weight excluding hydrogens is 256 g/mol. The van der Waals surface area contributed by atoms with Gasteiger partial charge in [-0.1, -0.05) is 24.3 Å². The van der Waals surface area contributed by atoms with Crippen LogP contribution in [0.1, 0.15) is 11.1 Å². The minimum absolute atomic E-state index is 0.0384. The van der Waals surface area contributed by atoms with Crippen molar-refractivity contribution in [3.63, 3.8) is 0 Å². The molecule has 5 nitrogen and oxygen atoms in total. The van der Waals surface area contributed by atoms with Crippen LogP contribution in [0.2, 0.25) is 0 Å². The maximum absolute atomic E-state index is 11.9. The summed E-state index contributed by atoms with van der Waals surface area (Å²) in [4.78, 5) is 14.0. The number of ether oxygens (including phenoxy) is 1. The molecule has 2 N–H and O–H groups in total. The minimum atomic E-state index is -0.356. The van der Waals surface area contributed by atoms with Crippen molar-refractivity contribution in [3.8, 4) is 0 Å². The van der Waals surface area contributed by atoms with Crippen molar-refractivity contribution in [2.45, 2.75) is 19.1 Å². The molecule has 1 unspecified atom stereocenters. The number of aliphatic hydroxyl groups is 1. The summed E-state index contributed by atoms with van der Waals surface area (Å²) in [6, 6.07) is 7.75.